The van der Waals surface area contributed by atoms with Crippen molar-refractivity contribution in [1.29, 1.82) is 0 Å². The fraction of sp³-hybridized carbons (Fsp3) is 0.158. The number of hydrogen-bond acceptors (Lipinski definition) is 5. The van der Waals surface area contributed by atoms with E-state index < -0.39 is 0 Å². The average molecular weight is 322 g/mol. The molecule has 0 saturated heterocycles. The first-order chi connectivity index (χ1) is 11.7. The zero-order chi connectivity index (χ0) is 16.9. The van der Waals surface area contributed by atoms with Crippen LogP contribution in [0, 0.1) is 0 Å². The van der Waals surface area contributed by atoms with Gasteiger partial charge in [-0.3, -0.25) is 4.98 Å². The molecule has 1 N–H and O–H groups in total. The molecule has 1 aromatic heterocycles. The highest BCUT2D eigenvalue weighted by atomic mass is 16.5. The summed E-state index contributed by atoms with van der Waals surface area (Å²) in [5.74, 6) is 0.432. The molecule has 0 atom stereocenters. The largest absolute Gasteiger partial charge is 0.497 e. The van der Waals surface area contributed by atoms with Crippen molar-refractivity contribution in [1.82, 2.24) is 4.98 Å². The second kappa shape index (κ2) is 7.00. The average Bonchev–Trinajstić information content (AvgIpc) is 2.62. The minimum atomic E-state index is -0.328. The van der Waals surface area contributed by atoms with E-state index in [1.807, 2.05) is 36.4 Å². The van der Waals surface area contributed by atoms with E-state index in [-0.39, 0.29) is 5.97 Å². The maximum atomic E-state index is 11.9. The first-order valence-electron chi connectivity index (χ1n) is 7.68. The van der Waals surface area contributed by atoms with E-state index in [0.29, 0.717) is 12.2 Å². The van der Waals surface area contributed by atoms with Gasteiger partial charge < -0.3 is 14.8 Å². The third-order valence-electron chi connectivity index (χ3n) is 3.60. The van der Waals surface area contributed by atoms with Crippen molar-refractivity contribution in [3.63, 3.8) is 0 Å². The zero-order valence-electron chi connectivity index (χ0n) is 13.6. The van der Waals surface area contributed by atoms with Crippen LogP contribution in [-0.2, 0) is 4.74 Å². The molecule has 5 heteroatoms. The molecule has 122 valence electrons. The number of carbonyl (C=O) groups excluding carboxylic acids is 1. The number of carbonyl (C=O) groups is 1. The van der Waals surface area contributed by atoms with Crippen LogP contribution in [-0.4, -0.2) is 24.7 Å². The summed E-state index contributed by atoms with van der Waals surface area (Å²) in [6, 6.07) is 14.9. The molecule has 0 radical (unpaired) electrons. The summed E-state index contributed by atoms with van der Waals surface area (Å²) >= 11 is 0. The number of fused-ring (bicyclic) bond motifs is 1. The van der Waals surface area contributed by atoms with Crippen molar-refractivity contribution in [2.45, 2.75) is 6.92 Å². The summed E-state index contributed by atoms with van der Waals surface area (Å²) in [6.07, 6.45) is 1.74. The number of ether oxygens (including phenoxy) is 2. The van der Waals surface area contributed by atoms with Crippen LogP contribution in [0.3, 0.4) is 0 Å². The molecule has 0 unspecified atom stereocenters. The normalized spacial score (nSPS) is 10.4. The van der Waals surface area contributed by atoms with Crippen LogP contribution in [0.25, 0.3) is 10.9 Å². The number of methoxy groups -OCH3 is 1. The number of aromatic nitrogens is 1. The van der Waals surface area contributed by atoms with E-state index in [9.17, 15) is 4.79 Å². The molecule has 2 aromatic carbocycles. The Bertz CT molecular complexity index is 877. The van der Waals surface area contributed by atoms with Crippen LogP contribution in [0.4, 0.5) is 11.4 Å². The number of rotatable bonds is 5. The van der Waals surface area contributed by atoms with Crippen molar-refractivity contribution in [3.05, 3.63) is 60.3 Å². The molecule has 0 spiro atoms. The Balaban J connectivity index is 1.92. The summed E-state index contributed by atoms with van der Waals surface area (Å²) in [5.41, 5.74) is 3.07. The van der Waals surface area contributed by atoms with Crippen LogP contribution < -0.4 is 10.1 Å². The summed E-state index contributed by atoms with van der Waals surface area (Å²) in [5, 5.41) is 4.31. The van der Waals surface area contributed by atoms with Crippen molar-refractivity contribution in [2.75, 3.05) is 19.0 Å². The van der Waals surface area contributed by atoms with Gasteiger partial charge in [-0.05, 0) is 43.3 Å². The molecule has 0 amide bonds. The van der Waals surface area contributed by atoms with Gasteiger partial charge in [0.25, 0.3) is 0 Å². The van der Waals surface area contributed by atoms with E-state index in [1.165, 1.54) is 0 Å². The van der Waals surface area contributed by atoms with Gasteiger partial charge in [0.1, 0.15) is 5.75 Å². The molecule has 3 aromatic rings. The number of nitrogens with zero attached hydrogens (tertiary/aromatic N) is 1. The van der Waals surface area contributed by atoms with Crippen molar-refractivity contribution < 1.29 is 14.3 Å². The Morgan fingerprint density at radius 1 is 1.17 bits per heavy atom. The van der Waals surface area contributed by atoms with E-state index >= 15 is 0 Å². The topological polar surface area (TPSA) is 60.5 Å². The van der Waals surface area contributed by atoms with Gasteiger partial charge in [-0.15, -0.1) is 0 Å². The standard InChI is InChI=1S/C19H18N2O3/c1-3-24-19(22)13-5-4-6-14(11-13)21-17-9-10-20-18-12-15(23-2)7-8-16(17)18/h4-12H,3H2,1-2H3,(H,20,21). The number of anilines is 2. The molecule has 3 rings (SSSR count). The van der Waals surface area contributed by atoms with Gasteiger partial charge in [-0.25, -0.2) is 4.79 Å². The Kier molecular flexibility index (Phi) is 4.61. The highest BCUT2D eigenvalue weighted by Gasteiger charge is 2.08. The van der Waals surface area contributed by atoms with E-state index in [4.69, 9.17) is 9.47 Å². The summed E-state index contributed by atoms with van der Waals surface area (Å²) < 4.78 is 10.3. The molecule has 0 fully saturated rings. The molecular weight excluding hydrogens is 304 g/mol. The molecule has 5 nitrogen and oxygen atoms in total. The van der Waals surface area contributed by atoms with Gasteiger partial charge in [-0.1, -0.05) is 6.07 Å². The molecule has 0 aliphatic heterocycles. The Morgan fingerprint density at radius 2 is 2.04 bits per heavy atom. The Labute approximate surface area is 140 Å². The van der Waals surface area contributed by atoms with Gasteiger partial charge in [-0.2, -0.15) is 0 Å². The number of nitrogens with one attached hydrogen (secondary N) is 1. The highest BCUT2D eigenvalue weighted by Crippen LogP contribution is 2.28. The first kappa shape index (κ1) is 15.8. The van der Waals surface area contributed by atoms with Crippen molar-refractivity contribution >= 4 is 28.2 Å². The third kappa shape index (κ3) is 3.30. The molecule has 0 saturated carbocycles. The number of pyridine rings is 1. The van der Waals surface area contributed by atoms with Gasteiger partial charge in [0.05, 0.1) is 24.8 Å². The summed E-state index contributed by atoms with van der Waals surface area (Å²) in [7, 11) is 1.63. The maximum Gasteiger partial charge on any atom is 0.338 e. The van der Waals surface area contributed by atoms with Gasteiger partial charge in [0, 0.05) is 29.0 Å². The summed E-state index contributed by atoms with van der Waals surface area (Å²) in [6.45, 7) is 2.14. The lowest BCUT2D eigenvalue weighted by Gasteiger charge is -2.11. The fourth-order valence-electron chi connectivity index (χ4n) is 2.46. The van der Waals surface area contributed by atoms with Crippen LogP contribution in [0.2, 0.25) is 0 Å². The predicted molar refractivity (Wildman–Crippen MR) is 94.0 cm³/mol. The Hall–Kier alpha value is -3.08. The quantitative estimate of drug-likeness (QED) is 0.715. The van der Waals surface area contributed by atoms with Crippen LogP contribution in [0.5, 0.6) is 5.75 Å². The fourth-order valence-corrected chi connectivity index (χ4v) is 2.46. The minimum Gasteiger partial charge on any atom is -0.497 e. The first-order valence-corrected chi connectivity index (χ1v) is 7.68. The lowest BCUT2D eigenvalue weighted by atomic mass is 10.1. The van der Waals surface area contributed by atoms with Gasteiger partial charge in [0.2, 0.25) is 0 Å². The smallest absolute Gasteiger partial charge is 0.338 e. The van der Waals surface area contributed by atoms with Crippen LogP contribution in [0.1, 0.15) is 17.3 Å². The van der Waals surface area contributed by atoms with Gasteiger partial charge >= 0.3 is 5.97 Å². The monoisotopic (exact) mass is 322 g/mol. The third-order valence-corrected chi connectivity index (χ3v) is 3.60. The number of esters is 1. The molecule has 0 aliphatic carbocycles. The SMILES string of the molecule is CCOC(=O)c1cccc(Nc2ccnc3cc(OC)ccc23)c1. The van der Waals surface area contributed by atoms with Crippen molar-refractivity contribution in [3.8, 4) is 5.75 Å². The molecule has 0 bridgehead atoms. The lowest BCUT2D eigenvalue weighted by molar-refractivity contribution is 0.0526. The van der Waals surface area contributed by atoms with Crippen molar-refractivity contribution in [2.24, 2.45) is 0 Å². The molecular formula is C19H18N2O3. The predicted octanol–water partition coefficient (Wildman–Crippen LogP) is 4.16. The Morgan fingerprint density at radius 3 is 2.83 bits per heavy atom. The van der Waals surface area contributed by atoms with Crippen LogP contribution in [0.15, 0.2) is 54.7 Å². The van der Waals surface area contributed by atoms with Crippen LogP contribution >= 0.6 is 0 Å². The zero-order valence-corrected chi connectivity index (χ0v) is 13.6. The lowest BCUT2D eigenvalue weighted by Crippen LogP contribution is -2.05. The maximum absolute atomic E-state index is 11.9. The molecule has 24 heavy (non-hydrogen) atoms. The number of benzene rings is 2. The van der Waals surface area contributed by atoms with E-state index in [2.05, 4.69) is 10.3 Å². The molecule has 1 heterocycles. The van der Waals surface area contributed by atoms with E-state index in [1.54, 1.807) is 32.4 Å². The second-order valence-corrected chi connectivity index (χ2v) is 5.17. The minimum absolute atomic E-state index is 0.328. The van der Waals surface area contributed by atoms with Gasteiger partial charge in [0.15, 0.2) is 0 Å². The summed E-state index contributed by atoms with van der Waals surface area (Å²) in [4.78, 5) is 16.2. The van der Waals surface area contributed by atoms with E-state index in [0.717, 1.165) is 28.0 Å². The number of hydrogen-bond donors (Lipinski definition) is 1. The molecule has 0 aliphatic rings. The highest BCUT2D eigenvalue weighted by molar-refractivity contribution is 5.95. The second-order valence-electron chi connectivity index (χ2n) is 5.17.